The normalized spacial score (nSPS) is 16.1. The average molecular weight is 359 g/mol. The number of aryl methyl sites for hydroxylation is 2. The molecule has 1 heterocycles. The summed E-state index contributed by atoms with van der Waals surface area (Å²) in [6.07, 6.45) is 1.05. The predicted octanol–water partition coefficient (Wildman–Crippen LogP) is 4.38. The minimum Gasteiger partial charge on any atom is -0.457 e. The van der Waals surface area contributed by atoms with Crippen LogP contribution in [-0.2, 0) is 6.42 Å². The summed E-state index contributed by atoms with van der Waals surface area (Å²) in [4.78, 5) is 21.2. The summed E-state index contributed by atoms with van der Waals surface area (Å²) in [6, 6.07) is 15.8. The number of anilines is 1. The number of Topliss-reactive ketones (excluding diaryl/α,β-unsaturated/α-hetero) is 1. The molecule has 27 heavy (non-hydrogen) atoms. The smallest absolute Gasteiger partial charge is 0.220 e. The lowest BCUT2D eigenvalue weighted by Gasteiger charge is -2.25. The molecule has 0 saturated carbocycles. The maximum Gasteiger partial charge on any atom is 0.220 e. The van der Waals surface area contributed by atoms with Gasteiger partial charge in [-0.05, 0) is 44.0 Å². The lowest BCUT2D eigenvalue weighted by Crippen LogP contribution is -2.23. The van der Waals surface area contributed by atoms with Crippen LogP contribution < -0.4 is 10.5 Å². The van der Waals surface area contributed by atoms with Crippen molar-refractivity contribution < 1.29 is 9.53 Å². The first kappa shape index (κ1) is 17.2. The molecule has 1 aliphatic rings. The van der Waals surface area contributed by atoms with Crippen LogP contribution in [0.5, 0.6) is 11.5 Å². The van der Waals surface area contributed by atoms with E-state index < -0.39 is 0 Å². The van der Waals surface area contributed by atoms with Gasteiger partial charge >= 0.3 is 0 Å². The van der Waals surface area contributed by atoms with E-state index in [1.807, 2.05) is 62.4 Å². The zero-order chi connectivity index (χ0) is 19.0. The van der Waals surface area contributed by atoms with Crippen LogP contribution >= 0.6 is 0 Å². The first-order valence-corrected chi connectivity index (χ1v) is 9.01. The zero-order valence-corrected chi connectivity index (χ0v) is 15.4. The number of ketones is 1. The molecule has 1 atom stereocenters. The molecule has 0 radical (unpaired) electrons. The summed E-state index contributed by atoms with van der Waals surface area (Å²) in [5.74, 6) is 1.81. The molecule has 0 amide bonds. The second kappa shape index (κ2) is 6.83. The number of aromatic nitrogens is 2. The molecule has 0 spiro atoms. The van der Waals surface area contributed by atoms with Crippen LogP contribution in [0.15, 0.2) is 48.5 Å². The predicted molar refractivity (Wildman–Crippen MR) is 104 cm³/mol. The Morgan fingerprint density at radius 2 is 1.74 bits per heavy atom. The molecule has 2 N–H and O–H groups in total. The van der Waals surface area contributed by atoms with E-state index in [4.69, 9.17) is 10.5 Å². The Balaban J connectivity index is 1.68. The quantitative estimate of drug-likeness (QED) is 0.751. The summed E-state index contributed by atoms with van der Waals surface area (Å²) in [6.45, 7) is 3.85. The van der Waals surface area contributed by atoms with Gasteiger partial charge in [0.15, 0.2) is 5.78 Å². The van der Waals surface area contributed by atoms with Gasteiger partial charge < -0.3 is 10.5 Å². The number of benzene rings is 2. The summed E-state index contributed by atoms with van der Waals surface area (Å²) in [7, 11) is 0. The Kier molecular flexibility index (Phi) is 4.36. The first-order chi connectivity index (χ1) is 13.0. The average Bonchev–Trinajstić information content (AvgIpc) is 2.63. The van der Waals surface area contributed by atoms with Gasteiger partial charge in [0, 0.05) is 12.3 Å². The third-order valence-corrected chi connectivity index (χ3v) is 4.94. The Bertz CT molecular complexity index is 1010. The third-order valence-electron chi connectivity index (χ3n) is 4.94. The summed E-state index contributed by atoms with van der Waals surface area (Å²) >= 11 is 0. The van der Waals surface area contributed by atoms with Crippen molar-refractivity contribution in [2.24, 2.45) is 0 Å². The summed E-state index contributed by atoms with van der Waals surface area (Å²) in [5, 5.41) is 0. The van der Waals surface area contributed by atoms with Gasteiger partial charge in [-0.25, -0.2) is 9.97 Å². The van der Waals surface area contributed by atoms with Crippen molar-refractivity contribution in [3.05, 3.63) is 76.6 Å². The Hall–Kier alpha value is -3.21. The van der Waals surface area contributed by atoms with Crippen LogP contribution in [0.1, 0.15) is 45.2 Å². The van der Waals surface area contributed by atoms with E-state index in [1.54, 1.807) is 0 Å². The molecule has 0 fully saturated rings. The number of ether oxygens (including phenoxy) is 1. The molecule has 5 nitrogen and oxygen atoms in total. The van der Waals surface area contributed by atoms with Crippen LogP contribution in [-0.4, -0.2) is 15.8 Å². The van der Waals surface area contributed by atoms with Gasteiger partial charge in [0.05, 0.1) is 17.0 Å². The number of hydrogen-bond acceptors (Lipinski definition) is 5. The van der Waals surface area contributed by atoms with Crippen molar-refractivity contribution >= 4 is 11.7 Å². The van der Waals surface area contributed by atoms with Gasteiger partial charge in [-0.2, -0.15) is 0 Å². The van der Waals surface area contributed by atoms with E-state index in [9.17, 15) is 4.79 Å². The Labute approximate surface area is 158 Å². The fourth-order valence-corrected chi connectivity index (χ4v) is 3.66. The topological polar surface area (TPSA) is 78.1 Å². The highest BCUT2D eigenvalue weighted by Gasteiger charge is 2.31. The number of nitrogen functional groups attached to an aromatic ring is 1. The highest BCUT2D eigenvalue weighted by molar-refractivity contribution is 5.99. The molecule has 1 unspecified atom stereocenters. The van der Waals surface area contributed by atoms with E-state index in [0.29, 0.717) is 24.1 Å². The fourth-order valence-electron chi connectivity index (χ4n) is 3.66. The van der Waals surface area contributed by atoms with Crippen LogP contribution in [0.2, 0.25) is 0 Å². The molecule has 0 bridgehead atoms. The number of nitrogens with zero attached hydrogens (tertiary/aromatic N) is 2. The highest BCUT2D eigenvalue weighted by atomic mass is 16.5. The molecule has 136 valence electrons. The van der Waals surface area contributed by atoms with Crippen LogP contribution in [0, 0.1) is 13.8 Å². The number of fused-ring (bicyclic) bond motifs is 1. The molecule has 5 heteroatoms. The molecule has 0 saturated heterocycles. The fraction of sp³-hybridized carbons (Fsp3) is 0.227. The van der Waals surface area contributed by atoms with Crippen molar-refractivity contribution in [2.45, 2.75) is 32.6 Å². The van der Waals surface area contributed by atoms with E-state index in [0.717, 1.165) is 22.8 Å². The molecule has 0 aliphatic heterocycles. The maximum atomic E-state index is 12.7. The first-order valence-electron chi connectivity index (χ1n) is 9.01. The van der Waals surface area contributed by atoms with Gasteiger partial charge in [0.2, 0.25) is 5.95 Å². The standard InChI is InChI=1S/C22H21N3O2/c1-13-7-9-16(10-8-13)27-20-6-4-3-5-17(20)15-11-18-21(19(26)12-15)14(2)24-22(23)25-18/h3-10,15H,11-12H2,1-2H3,(H2,23,24,25). The van der Waals surface area contributed by atoms with Crippen LogP contribution in [0.25, 0.3) is 0 Å². The van der Waals surface area contributed by atoms with Crippen molar-refractivity contribution in [2.75, 3.05) is 5.73 Å². The number of hydrogen-bond donors (Lipinski definition) is 1. The minimum atomic E-state index is 0.000323. The maximum absolute atomic E-state index is 12.7. The lowest BCUT2D eigenvalue weighted by atomic mass is 9.81. The number of rotatable bonds is 3. The monoisotopic (exact) mass is 359 g/mol. The zero-order valence-electron chi connectivity index (χ0n) is 15.4. The molecule has 2 aromatic carbocycles. The largest absolute Gasteiger partial charge is 0.457 e. The number of carbonyl (C=O) groups excluding carboxylic acids is 1. The second-order valence-electron chi connectivity index (χ2n) is 6.97. The van der Waals surface area contributed by atoms with Crippen molar-refractivity contribution in [3.63, 3.8) is 0 Å². The molecular formula is C22H21N3O2. The van der Waals surface area contributed by atoms with E-state index in [1.165, 1.54) is 5.56 Å². The van der Waals surface area contributed by atoms with Crippen LogP contribution in [0.4, 0.5) is 5.95 Å². The second-order valence-corrected chi connectivity index (χ2v) is 6.97. The van der Waals surface area contributed by atoms with Crippen molar-refractivity contribution in [1.29, 1.82) is 0 Å². The number of para-hydroxylation sites is 1. The summed E-state index contributed by atoms with van der Waals surface area (Å²) < 4.78 is 6.12. The van der Waals surface area contributed by atoms with E-state index in [2.05, 4.69) is 9.97 Å². The Morgan fingerprint density at radius 3 is 2.52 bits per heavy atom. The molecule has 1 aliphatic carbocycles. The number of carbonyl (C=O) groups is 1. The third kappa shape index (κ3) is 3.40. The summed E-state index contributed by atoms with van der Waals surface area (Å²) in [5.41, 5.74) is 9.99. The van der Waals surface area contributed by atoms with Crippen LogP contribution in [0.3, 0.4) is 0 Å². The van der Waals surface area contributed by atoms with Gasteiger partial charge in [-0.15, -0.1) is 0 Å². The highest BCUT2D eigenvalue weighted by Crippen LogP contribution is 2.38. The SMILES string of the molecule is Cc1ccc(Oc2ccccc2C2CC(=O)c3c(C)nc(N)nc3C2)cc1. The molecule has 3 aromatic rings. The van der Waals surface area contributed by atoms with Gasteiger partial charge in [0.1, 0.15) is 11.5 Å². The van der Waals surface area contributed by atoms with Gasteiger partial charge in [-0.1, -0.05) is 35.9 Å². The Morgan fingerprint density at radius 1 is 1.00 bits per heavy atom. The lowest BCUT2D eigenvalue weighted by molar-refractivity contribution is 0.0961. The van der Waals surface area contributed by atoms with Crippen molar-refractivity contribution in [1.82, 2.24) is 9.97 Å². The van der Waals surface area contributed by atoms with Gasteiger partial charge in [0.25, 0.3) is 0 Å². The number of nitrogens with two attached hydrogens (primary N) is 1. The minimum absolute atomic E-state index is 0.000323. The van der Waals surface area contributed by atoms with E-state index >= 15 is 0 Å². The molecule has 1 aromatic heterocycles. The van der Waals surface area contributed by atoms with Gasteiger partial charge in [-0.3, -0.25) is 4.79 Å². The van der Waals surface area contributed by atoms with E-state index in [-0.39, 0.29) is 17.6 Å². The molecule has 4 rings (SSSR count). The van der Waals surface area contributed by atoms with Crippen molar-refractivity contribution in [3.8, 4) is 11.5 Å². The molecular weight excluding hydrogens is 338 g/mol.